The van der Waals surface area contributed by atoms with Crippen LogP contribution in [0.3, 0.4) is 0 Å². The first-order chi connectivity index (χ1) is 12.5. The molecule has 3 aromatic rings. The topological polar surface area (TPSA) is 55.8 Å². The predicted octanol–water partition coefficient (Wildman–Crippen LogP) is 2.47. The van der Waals surface area contributed by atoms with Crippen molar-refractivity contribution in [1.29, 1.82) is 0 Å². The van der Waals surface area contributed by atoms with E-state index in [1.807, 2.05) is 62.6 Å². The number of aromatic amines is 1. The van der Waals surface area contributed by atoms with Gasteiger partial charge in [-0.25, -0.2) is 0 Å². The Balaban J connectivity index is 1.79. The van der Waals surface area contributed by atoms with Crippen LogP contribution in [0.15, 0.2) is 48.7 Å². The molecule has 2 N–H and O–H groups in total. The number of rotatable bonds is 7. The second-order valence-electron chi connectivity index (χ2n) is 6.53. The molecule has 0 aliphatic rings. The highest BCUT2D eigenvalue weighted by molar-refractivity contribution is 6.09. The second kappa shape index (κ2) is 7.62. The lowest BCUT2D eigenvalue weighted by molar-refractivity contribution is -0.907. The molecule has 0 bridgehead atoms. The highest BCUT2D eigenvalue weighted by atomic mass is 16.5. The molecule has 2 atom stereocenters. The van der Waals surface area contributed by atoms with Gasteiger partial charge in [0, 0.05) is 34.3 Å². The van der Waals surface area contributed by atoms with Gasteiger partial charge in [0.1, 0.15) is 24.1 Å². The Morgan fingerprint density at radius 3 is 2.65 bits per heavy atom. The standard InChI is InChI=1S/C21H24N2O3/c1-14(21(24)18-12-22-19-8-6-5-7-17(18)19)23(2)13-15-9-10-16(25-3)11-20(15)26-4/h5-12,14,22H,13H2,1-4H3/p+1/t14-/m0/s1. The Morgan fingerprint density at radius 1 is 1.15 bits per heavy atom. The summed E-state index contributed by atoms with van der Waals surface area (Å²) in [4.78, 5) is 17.3. The molecule has 0 aliphatic heterocycles. The number of carbonyl (C=O) groups excluding carboxylic acids is 1. The van der Waals surface area contributed by atoms with E-state index < -0.39 is 0 Å². The number of aromatic nitrogens is 1. The van der Waals surface area contributed by atoms with Crippen LogP contribution in [0, 0.1) is 0 Å². The summed E-state index contributed by atoms with van der Waals surface area (Å²) in [6, 6.07) is 13.5. The molecule has 1 heterocycles. The summed E-state index contributed by atoms with van der Waals surface area (Å²) in [7, 11) is 5.31. The molecule has 0 amide bonds. The van der Waals surface area contributed by atoms with Crippen molar-refractivity contribution in [1.82, 2.24) is 4.98 Å². The van der Waals surface area contributed by atoms with Gasteiger partial charge in [0.2, 0.25) is 5.78 Å². The molecular formula is C21H25N2O3+. The summed E-state index contributed by atoms with van der Waals surface area (Å²) in [6.07, 6.45) is 1.81. The maximum absolute atomic E-state index is 13.0. The Bertz CT molecular complexity index is 917. The van der Waals surface area contributed by atoms with E-state index in [0.717, 1.165) is 38.4 Å². The lowest BCUT2D eigenvalue weighted by atomic mass is 10.0. The first-order valence-corrected chi connectivity index (χ1v) is 8.68. The summed E-state index contributed by atoms with van der Waals surface area (Å²) in [5, 5.41) is 0.971. The molecule has 0 fully saturated rings. The van der Waals surface area contributed by atoms with E-state index in [0.29, 0.717) is 6.54 Å². The molecule has 2 aromatic carbocycles. The van der Waals surface area contributed by atoms with E-state index in [9.17, 15) is 4.79 Å². The fourth-order valence-corrected chi connectivity index (χ4v) is 3.18. The molecular weight excluding hydrogens is 328 g/mol. The highest BCUT2D eigenvalue weighted by Crippen LogP contribution is 2.24. The van der Waals surface area contributed by atoms with Crippen LogP contribution in [0.5, 0.6) is 11.5 Å². The van der Waals surface area contributed by atoms with E-state index in [1.165, 1.54) is 0 Å². The monoisotopic (exact) mass is 353 g/mol. The lowest BCUT2D eigenvalue weighted by Crippen LogP contribution is -3.12. The molecule has 0 spiro atoms. The van der Waals surface area contributed by atoms with Crippen LogP contribution < -0.4 is 14.4 Å². The third kappa shape index (κ3) is 3.44. The summed E-state index contributed by atoms with van der Waals surface area (Å²) in [5.41, 5.74) is 2.77. The highest BCUT2D eigenvalue weighted by Gasteiger charge is 2.26. The normalized spacial score (nSPS) is 13.4. The fourth-order valence-electron chi connectivity index (χ4n) is 3.18. The van der Waals surface area contributed by atoms with Gasteiger partial charge < -0.3 is 19.4 Å². The Kier molecular flexibility index (Phi) is 5.28. The molecule has 0 saturated carbocycles. The van der Waals surface area contributed by atoms with Gasteiger partial charge in [-0.15, -0.1) is 0 Å². The van der Waals surface area contributed by atoms with Crippen molar-refractivity contribution < 1.29 is 19.2 Å². The van der Waals surface area contributed by atoms with Crippen LogP contribution in [0.4, 0.5) is 0 Å². The molecule has 0 radical (unpaired) electrons. The number of nitrogens with one attached hydrogen (secondary N) is 2. The third-order valence-corrected chi connectivity index (χ3v) is 4.95. The molecule has 5 nitrogen and oxygen atoms in total. The first-order valence-electron chi connectivity index (χ1n) is 8.68. The smallest absolute Gasteiger partial charge is 0.221 e. The van der Waals surface area contributed by atoms with E-state index in [1.54, 1.807) is 14.2 Å². The van der Waals surface area contributed by atoms with Gasteiger partial charge in [0.05, 0.1) is 21.3 Å². The molecule has 0 saturated heterocycles. The molecule has 5 heteroatoms. The van der Waals surface area contributed by atoms with Crippen molar-refractivity contribution in [2.24, 2.45) is 0 Å². The number of H-pyrrole nitrogens is 1. The Labute approximate surface area is 153 Å². The van der Waals surface area contributed by atoms with Crippen molar-refractivity contribution in [3.63, 3.8) is 0 Å². The maximum Gasteiger partial charge on any atom is 0.221 e. The number of quaternary nitrogens is 1. The van der Waals surface area contributed by atoms with Crippen LogP contribution >= 0.6 is 0 Å². The minimum absolute atomic E-state index is 0.132. The van der Waals surface area contributed by atoms with E-state index >= 15 is 0 Å². The second-order valence-corrected chi connectivity index (χ2v) is 6.53. The fraction of sp³-hybridized carbons (Fsp3) is 0.286. The quantitative estimate of drug-likeness (QED) is 0.642. The van der Waals surface area contributed by atoms with Gasteiger partial charge in [-0.2, -0.15) is 0 Å². The average molecular weight is 353 g/mol. The molecule has 26 heavy (non-hydrogen) atoms. The predicted molar refractivity (Wildman–Crippen MR) is 102 cm³/mol. The Hall–Kier alpha value is -2.79. The first kappa shape index (κ1) is 18.0. The number of fused-ring (bicyclic) bond motifs is 1. The van der Waals surface area contributed by atoms with Crippen molar-refractivity contribution in [2.75, 3.05) is 21.3 Å². The lowest BCUT2D eigenvalue weighted by Gasteiger charge is -2.21. The zero-order valence-electron chi connectivity index (χ0n) is 15.6. The number of ketones is 1. The van der Waals surface area contributed by atoms with Crippen LogP contribution in [0.25, 0.3) is 10.9 Å². The molecule has 3 rings (SSSR count). The summed E-state index contributed by atoms with van der Waals surface area (Å²) >= 11 is 0. The van der Waals surface area contributed by atoms with Gasteiger partial charge in [-0.05, 0) is 25.1 Å². The number of hydrogen-bond donors (Lipinski definition) is 2. The zero-order valence-corrected chi connectivity index (χ0v) is 15.6. The van der Waals surface area contributed by atoms with Gasteiger partial charge >= 0.3 is 0 Å². The maximum atomic E-state index is 13.0. The van der Waals surface area contributed by atoms with E-state index in [2.05, 4.69) is 4.98 Å². The Morgan fingerprint density at radius 2 is 1.92 bits per heavy atom. The van der Waals surface area contributed by atoms with Crippen LogP contribution in [0.1, 0.15) is 22.8 Å². The number of methoxy groups -OCH3 is 2. The summed E-state index contributed by atoms with van der Waals surface area (Å²) in [6.45, 7) is 2.65. The number of benzene rings is 2. The number of Topliss-reactive ketones (excluding diaryl/α,β-unsaturated/α-hetero) is 1. The van der Waals surface area contributed by atoms with Gasteiger partial charge in [-0.3, -0.25) is 4.79 Å². The summed E-state index contributed by atoms with van der Waals surface area (Å²) < 4.78 is 10.7. The van der Waals surface area contributed by atoms with Crippen molar-refractivity contribution in [2.45, 2.75) is 19.5 Å². The summed E-state index contributed by atoms with van der Waals surface area (Å²) in [5.74, 6) is 1.66. The van der Waals surface area contributed by atoms with E-state index in [-0.39, 0.29) is 11.8 Å². The third-order valence-electron chi connectivity index (χ3n) is 4.95. The van der Waals surface area contributed by atoms with Gasteiger partial charge in [-0.1, -0.05) is 18.2 Å². The van der Waals surface area contributed by atoms with Gasteiger partial charge in [0.25, 0.3) is 0 Å². The number of para-hydroxylation sites is 1. The number of hydrogen-bond acceptors (Lipinski definition) is 3. The van der Waals surface area contributed by atoms with Crippen LogP contribution in [0.2, 0.25) is 0 Å². The molecule has 136 valence electrons. The average Bonchev–Trinajstić information content (AvgIpc) is 3.11. The van der Waals surface area contributed by atoms with Crippen LogP contribution in [-0.4, -0.2) is 38.1 Å². The van der Waals surface area contributed by atoms with Crippen molar-refractivity contribution in [3.8, 4) is 11.5 Å². The molecule has 1 unspecified atom stereocenters. The zero-order chi connectivity index (χ0) is 18.7. The van der Waals surface area contributed by atoms with E-state index in [4.69, 9.17) is 9.47 Å². The van der Waals surface area contributed by atoms with Crippen molar-refractivity contribution in [3.05, 3.63) is 59.8 Å². The minimum Gasteiger partial charge on any atom is -0.497 e. The van der Waals surface area contributed by atoms with Gasteiger partial charge in [0.15, 0.2) is 0 Å². The largest absolute Gasteiger partial charge is 0.497 e. The molecule has 0 aliphatic carbocycles. The SMILES string of the molecule is COc1ccc(C[NH+](C)[C@@H](C)C(=O)c2c[nH]c3ccccc23)c(OC)c1. The number of carbonyl (C=O) groups is 1. The number of likely N-dealkylation sites (N-methyl/N-ethyl adjacent to an activating group) is 1. The van der Waals surface area contributed by atoms with Crippen molar-refractivity contribution >= 4 is 16.7 Å². The van der Waals surface area contributed by atoms with Crippen LogP contribution in [-0.2, 0) is 6.54 Å². The molecule has 1 aromatic heterocycles. The number of ether oxygens (including phenoxy) is 2. The minimum atomic E-state index is -0.180.